The summed E-state index contributed by atoms with van der Waals surface area (Å²) >= 11 is 0. The van der Waals surface area contributed by atoms with Gasteiger partial charge in [-0.2, -0.15) is 10.5 Å². The first-order valence-electron chi connectivity index (χ1n) is 7.17. The van der Waals surface area contributed by atoms with Crippen LogP contribution in [0.1, 0.15) is 40.9 Å². The Hall–Kier alpha value is -2.92. The van der Waals surface area contributed by atoms with Crippen molar-refractivity contribution in [3.8, 4) is 12.1 Å². The normalized spacial score (nSPS) is 13.2. The third-order valence-electron chi connectivity index (χ3n) is 3.48. The van der Waals surface area contributed by atoms with E-state index in [9.17, 15) is 10.2 Å². The lowest BCUT2D eigenvalue weighted by Crippen LogP contribution is -1.97. The first-order chi connectivity index (χ1) is 11.1. The molecule has 2 atom stereocenters. The van der Waals surface area contributed by atoms with Gasteiger partial charge in [0.25, 0.3) is 0 Å². The third-order valence-corrected chi connectivity index (χ3v) is 3.48. The molecule has 0 bridgehead atoms. The van der Waals surface area contributed by atoms with Crippen molar-refractivity contribution in [2.75, 3.05) is 0 Å². The van der Waals surface area contributed by atoms with Crippen LogP contribution in [0.2, 0.25) is 0 Å². The summed E-state index contributed by atoms with van der Waals surface area (Å²) in [5.41, 5.74) is 2.50. The van der Waals surface area contributed by atoms with Crippen LogP contribution in [0, 0.1) is 22.7 Å². The molecule has 114 valence electrons. The molecule has 0 aromatic heterocycles. The zero-order valence-electron chi connectivity index (χ0n) is 12.4. The Morgan fingerprint density at radius 3 is 1.78 bits per heavy atom. The van der Waals surface area contributed by atoms with Gasteiger partial charge in [0.2, 0.25) is 0 Å². The van der Waals surface area contributed by atoms with Crippen molar-refractivity contribution in [2.24, 2.45) is 0 Å². The van der Waals surface area contributed by atoms with Gasteiger partial charge in [-0.25, -0.2) is 0 Å². The fourth-order valence-corrected chi connectivity index (χ4v) is 2.12. The van der Waals surface area contributed by atoms with Crippen LogP contribution in [0.15, 0.2) is 60.7 Å². The van der Waals surface area contributed by atoms with Crippen LogP contribution in [0.5, 0.6) is 0 Å². The summed E-state index contributed by atoms with van der Waals surface area (Å²) in [4.78, 5) is 0. The number of benzene rings is 2. The van der Waals surface area contributed by atoms with E-state index in [0.29, 0.717) is 23.1 Å². The first kappa shape index (κ1) is 16.5. The highest BCUT2D eigenvalue weighted by molar-refractivity contribution is 5.34. The summed E-state index contributed by atoms with van der Waals surface area (Å²) in [5, 5.41) is 37.6. The van der Waals surface area contributed by atoms with Gasteiger partial charge in [-0.05, 0) is 41.8 Å². The maximum atomic E-state index is 10.1. The largest absolute Gasteiger partial charge is 0.388 e. The average molecular weight is 304 g/mol. The number of rotatable bonds is 5. The molecule has 2 N–H and O–H groups in total. The third kappa shape index (κ3) is 4.52. The molecule has 0 aliphatic carbocycles. The van der Waals surface area contributed by atoms with Crippen LogP contribution in [-0.2, 0) is 0 Å². The fourth-order valence-electron chi connectivity index (χ4n) is 2.12. The number of aliphatic hydroxyl groups excluding tert-OH is 2. The molecule has 4 nitrogen and oxygen atoms in total. The second-order valence-electron chi connectivity index (χ2n) is 5.09. The monoisotopic (exact) mass is 304 g/mol. The molecule has 0 saturated carbocycles. The van der Waals surface area contributed by atoms with Crippen molar-refractivity contribution in [1.82, 2.24) is 0 Å². The van der Waals surface area contributed by atoms with E-state index in [1.54, 1.807) is 60.7 Å². The van der Waals surface area contributed by atoms with Gasteiger partial charge in [0.05, 0.1) is 35.5 Å². The molecule has 4 heteroatoms. The van der Waals surface area contributed by atoms with E-state index in [4.69, 9.17) is 10.5 Å². The van der Waals surface area contributed by atoms with Crippen molar-refractivity contribution >= 4 is 0 Å². The molecular formula is C19H16N2O2. The Kier molecular flexibility index (Phi) is 5.66. The van der Waals surface area contributed by atoms with Crippen LogP contribution in [-0.4, -0.2) is 10.2 Å². The van der Waals surface area contributed by atoms with Crippen molar-refractivity contribution in [3.63, 3.8) is 0 Å². The van der Waals surface area contributed by atoms with Crippen LogP contribution in [0.4, 0.5) is 0 Å². The Morgan fingerprint density at radius 1 is 0.826 bits per heavy atom. The van der Waals surface area contributed by atoms with E-state index < -0.39 is 12.2 Å². The van der Waals surface area contributed by atoms with Gasteiger partial charge < -0.3 is 10.2 Å². The van der Waals surface area contributed by atoms with E-state index in [-0.39, 0.29) is 0 Å². The maximum absolute atomic E-state index is 10.1. The van der Waals surface area contributed by atoms with Crippen LogP contribution >= 0.6 is 0 Å². The Labute approximate surface area is 135 Å². The minimum atomic E-state index is -0.782. The summed E-state index contributed by atoms with van der Waals surface area (Å²) in [6.45, 7) is 0. The summed E-state index contributed by atoms with van der Waals surface area (Å²) in [5.74, 6) is 0. The predicted octanol–water partition coefficient (Wildman–Crippen LogP) is 3.14. The predicted molar refractivity (Wildman–Crippen MR) is 86.0 cm³/mol. The van der Waals surface area contributed by atoms with Gasteiger partial charge in [0, 0.05) is 0 Å². The number of nitriles is 2. The topological polar surface area (TPSA) is 88.0 Å². The average Bonchev–Trinajstić information content (AvgIpc) is 2.61. The lowest BCUT2D eigenvalue weighted by Gasteiger charge is -2.09. The quantitative estimate of drug-likeness (QED) is 0.831. The SMILES string of the molecule is N#Cc1ccc(C(O)/C=C/CC(O)c2ccc(C#N)cc2)cc1. The number of aliphatic hydroxyl groups is 2. The molecule has 0 saturated heterocycles. The Balaban J connectivity index is 1.94. The van der Waals surface area contributed by atoms with E-state index in [2.05, 4.69) is 0 Å². The van der Waals surface area contributed by atoms with E-state index in [1.165, 1.54) is 0 Å². The van der Waals surface area contributed by atoms with E-state index in [0.717, 1.165) is 5.56 Å². The summed E-state index contributed by atoms with van der Waals surface area (Å²) in [6, 6.07) is 17.5. The molecule has 2 aromatic carbocycles. The smallest absolute Gasteiger partial charge is 0.0991 e. The van der Waals surface area contributed by atoms with Gasteiger partial charge in [-0.15, -0.1) is 0 Å². The summed E-state index contributed by atoms with van der Waals surface area (Å²) in [7, 11) is 0. The second kappa shape index (κ2) is 7.91. The molecule has 0 amide bonds. The van der Waals surface area contributed by atoms with Crippen molar-refractivity contribution in [1.29, 1.82) is 10.5 Å². The molecule has 23 heavy (non-hydrogen) atoms. The van der Waals surface area contributed by atoms with Gasteiger partial charge >= 0.3 is 0 Å². The number of nitrogens with zero attached hydrogens (tertiary/aromatic N) is 2. The molecule has 2 rings (SSSR count). The minimum absolute atomic E-state index is 0.360. The fraction of sp³-hybridized carbons (Fsp3) is 0.158. The molecule has 0 fully saturated rings. The van der Waals surface area contributed by atoms with Gasteiger partial charge in [0.1, 0.15) is 0 Å². The Bertz CT molecular complexity index is 750. The molecule has 2 unspecified atom stereocenters. The number of hydrogen-bond donors (Lipinski definition) is 2. The second-order valence-corrected chi connectivity index (χ2v) is 5.09. The highest BCUT2D eigenvalue weighted by atomic mass is 16.3. The molecule has 0 heterocycles. The van der Waals surface area contributed by atoms with Crippen molar-refractivity contribution in [2.45, 2.75) is 18.6 Å². The van der Waals surface area contributed by atoms with Crippen molar-refractivity contribution < 1.29 is 10.2 Å². The summed E-state index contributed by atoms with van der Waals surface area (Å²) in [6.07, 6.45) is 2.21. The lowest BCUT2D eigenvalue weighted by atomic mass is 10.0. The molecule has 0 aliphatic heterocycles. The van der Waals surface area contributed by atoms with E-state index in [1.807, 2.05) is 12.1 Å². The maximum Gasteiger partial charge on any atom is 0.0991 e. The molecular weight excluding hydrogens is 288 g/mol. The highest BCUT2D eigenvalue weighted by Crippen LogP contribution is 2.20. The van der Waals surface area contributed by atoms with E-state index >= 15 is 0 Å². The summed E-state index contributed by atoms with van der Waals surface area (Å²) < 4.78 is 0. The highest BCUT2D eigenvalue weighted by Gasteiger charge is 2.07. The van der Waals surface area contributed by atoms with Gasteiger partial charge in [0.15, 0.2) is 0 Å². The van der Waals surface area contributed by atoms with Crippen molar-refractivity contribution in [3.05, 3.63) is 82.9 Å². The number of hydrogen-bond acceptors (Lipinski definition) is 4. The van der Waals surface area contributed by atoms with Crippen LogP contribution < -0.4 is 0 Å². The molecule has 2 aromatic rings. The molecule has 0 spiro atoms. The van der Waals surface area contributed by atoms with Crippen LogP contribution in [0.3, 0.4) is 0 Å². The zero-order chi connectivity index (χ0) is 16.7. The Morgan fingerprint density at radius 2 is 1.30 bits per heavy atom. The minimum Gasteiger partial charge on any atom is -0.388 e. The standard InChI is InChI=1S/C19H16N2O2/c20-12-14-4-8-16(9-5-14)18(22)2-1-3-19(23)17-10-6-15(13-21)7-11-17/h1-2,4-11,18-19,22-23H,3H2/b2-1+. The van der Waals surface area contributed by atoms with Crippen LogP contribution in [0.25, 0.3) is 0 Å². The van der Waals surface area contributed by atoms with Gasteiger partial charge in [-0.1, -0.05) is 36.4 Å². The van der Waals surface area contributed by atoms with Gasteiger partial charge in [-0.3, -0.25) is 0 Å². The zero-order valence-corrected chi connectivity index (χ0v) is 12.4. The molecule has 0 aliphatic rings. The first-order valence-corrected chi connectivity index (χ1v) is 7.17. The lowest BCUT2D eigenvalue weighted by molar-refractivity contribution is 0.180. The molecule has 0 radical (unpaired) electrons.